The predicted molar refractivity (Wildman–Crippen MR) is 102 cm³/mol. The summed E-state index contributed by atoms with van der Waals surface area (Å²) in [5.74, 6) is 1.60. The van der Waals surface area contributed by atoms with E-state index in [2.05, 4.69) is 19.2 Å². The molecule has 134 valence electrons. The van der Waals surface area contributed by atoms with Gasteiger partial charge in [-0.3, -0.25) is 4.79 Å². The summed E-state index contributed by atoms with van der Waals surface area (Å²) in [6.07, 6.45) is 0. The Hall–Kier alpha value is -2.69. The van der Waals surface area contributed by atoms with Crippen molar-refractivity contribution < 1.29 is 14.3 Å². The molecule has 5 nitrogen and oxygen atoms in total. The van der Waals surface area contributed by atoms with Gasteiger partial charge in [0.05, 0.1) is 6.61 Å². The molecule has 0 aliphatic heterocycles. The molecule has 0 saturated heterocycles. The van der Waals surface area contributed by atoms with Crippen molar-refractivity contribution in [1.29, 1.82) is 0 Å². The molecule has 0 fully saturated rings. The van der Waals surface area contributed by atoms with E-state index in [-0.39, 0.29) is 12.5 Å². The fourth-order valence-electron chi connectivity index (χ4n) is 2.11. The zero-order valence-corrected chi connectivity index (χ0v) is 15.3. The molecule has 25 heavy (non-hydrogen) atoms. The third-order valence-corrected chi connectivity index (χ3v) is 3.43. The predicted octanol–water partition coefficient (Wildman–Crippen LogP) is 3.80. The zero-order valence-electron chi connectivity index (χ0n) is 15.3. The molecule has 0 spiro atoms. The average molecular weight is 342 g/mol. The number of amides is 1. The van der Waals surface area contributed by atoms with E-state index in [9.17, 15) is 4.79 Å². The van der Waals surface area contributed by atoms with Crippen LogP contribution in [0.15, 0.2) is 48.5 Å². The molecule has 2 rings (SSSR count). The van der Waals surface area contributed by atoms with E-state index in [1.54, 1.807) is 12.1 Å². The van der Waals surface area contributed by atoms with Crippen molar-refractivity contribution in [3.05, 3.63) is 48.5 Å². The van der Waals surface area contributed by atoms with Crippen LogP contribution in [-0.4, -0.2) is 33.2 Å². The van der Waals surface area contributed by atoms with Crippen LogP contribution in [0, 0.1) is 5.92 Å². The summed E-state index contributed by atoms with van der Waals surface area (Å²) in [6.45, 7) is 4.78. The van der Waals surface area contributed by atoms with Crippen LogP contribution in [0.25, 0.3) is 0 Å². The number of hydrogen-bond acceptors (Lipinski definition) is 4. The van der Waals surface area contributed by atoms with Gasteiger partial charge in [0, 0.05) is 31.5 Å². The van der Waals surface area contributed by atoms with Crippen molar-refractivity contribution >= 4 is 17.3 Å². The van der Waals surface area contributed by atoms with Gasteiger partial charge in [-0.1, -0.05) is 19.9 Å². The largest absolute Gasteiger partial charge is 0.493 e. The number of rotatable bonds is 8. The first-order chi connectivity index (χ1) is 11.9. The summed E-state index contributed by atoms with van der Waals surface area (Å²) in [5, 5.41) is 2.82. The standard InChI is InChI=1S/C20H26N2O3/c1-15(2)13-24-18-6-5-7-19(12-18)25-14-20(23)21-16-8-10-17(11-9-16)22(3)4/h5-12,15H,13-14H2,1-4H3,(H,21,23). The summed E-state index contributed by atoms with van der Waals surface area (Å²) in [6, 6.07) is 15.0. The molecule has 0 radical (unpaired) electrons. The van der Waals surface area contributed by atoms with E-state index in [0.29, 0.717) is 18.3 Å². The summed E-state index contributed by atoms with van der Waals surface area (Å²) in [5.41, 5.74) is 1.82. The minimum absolute atomic E-state index is 0.0525. The van der Waals surface area contributed by atoms with E-state index in [4.69, 9.17) is 9.47 Å². The third kappa shape index (κ3) is 6.37. The Kier molecular flexibility index (Phi) is 6.69. The summed E-state index contributed by atoms with van der Waals surface area (Å²) in [4.78, 5) is 14.0. The van der Waals surface area contributed by atoms with Crippen LogP contribution in [-0.2, 0) is 4.79 Å². The molecule has 1 N–H and O–H groups in total. The number of carbonyl (C=O) groups is 1. The minimum atomic E-state index is -0.203. The highest BCUT2D eigenvalue weighted by molar-refractivity contribution is 5.92. The monoisotopic (exact) mass is 342 g/mol. The number of ether oxygens (including phenoxy) is 2. The molecule has 0 unspecified atom stereocenters. The molecular weight excluding hydrogens is 316 g/mol. The topological polar surface area (TPSA) is 50.8 Å². The Morgan fingerprint density at radius 1 is 1.04 bits per heavy atom. The maximum absolute atomic E-state index is 12.0. The number of benzene rings is 2. The van der Waals surface area contributed by atoms with Gasteiger partial charge in [-0.25, -0.2) is 0 Å². The first kappa shape index (κ1) is 18.6. The van der Waals surface area contributed by atoms with Crippen molar-refractivity contribution in [3.63, 3.8) is 0 Å². The number of nitrogens with zero attached hydrogens (tertiary/aromatic N) is 1. The average Bonchev–Trinajstić information content (AvgIpc) is 2.59. The van der Waals surface area contributed by atoms with E-state index in [0.717, 1.165) is 17.1 Å². The molecule has 0 bridgehead atoms. The van der Waals surface area contributed by atoms with Gasteiger partial charge in [0.15, 0.2) is 6.61 Å². The Balaban J connectivity index is 1.84. The maximum Gasteiger partial charge on any atom is 0.262 e. The smallest absolute Gasteiger partial charge is 0.262 e. The number of hydrogen-bond donors (Lipinski definition) is 1. The highest BCUT2D eigenvalue weighted by Gasteiger charge is 2.06. The molecule has 0 aliphatic carbocycles. The highest BCUT2D eigenvalue weighted by atomic mass is 16.5. The fraction of sp³-hybridized carbons (Fsp3) is 0.350. The SMILES string of the molecule is CC(C)COc1cccc(OCC(=O)Nc2ccc(N(C)C)cc2)c1. The second kappa shape index (κ2) is 8.97. The van der Waals surface area contributed by atoms with Crippen LogP contribution in [0.3, 0.4) is 0 Å². The summed E-state index contributed by atoms with van der Waals surface area (Å²) in [7, 11) is 3.95. The van der Waals surface area contributed by atoms with Gasteiger partial charge in [-0.2, -0.15) is 0 Å². The van der Waals surface area contributed by atoms with Gasteiger partial charge in [-0.15, -0.1) is 0 Å². The summed E-state index contributed by atoms with van der Waals surface area (Å²) < 4.78 is 11.2. The fourth-order valence-corrected chi connectivity index (χ4v) is 2.11. The molecule has 0 aliphatic rings. The molecule has 0 aromatic heterocycles. The zero-order chi connectivity index (χ0) is 18.2. The van der Waals surface area contributed by atoms with Crippen LogP contribution in [0.5, 0.6) is 11.5 Å². The van der Waals surface area contributed by atoms with E-state index in [1.807, 2.05) is 55.4 Å². The van der Waals surface area contributed by atoms with Gasteiger partial charge in [0.25, 0.3) is 5.91 Å². The van der Waals surface area contributed by atoms with Crippen molar-refractivity contribution in [1.82, 2.24) is 0 Å². The highest BCUT2D eigenvalue weighted by Crippen LogP contribution is 2.20. The van der Waals surface area contributed by atoms with Gasteiger partial charge >= 0.3 is 0 Å². The number of anilines is 2. The van der Waals surface area contributed by atoms with Crippen molar-refractivity contribution in [2.75, 3.05) is 37.5 Å². The van der Waals surface area contributed by atoms with Crippen molar-refractivity contribution in [2.24, 2.45) is 5.92 Å². The summed E-state index contributed by atoms with van der Waals surface area (Å²) >= 11 is 0. The molecule has 5 heteroatoms. The van der Waals surface area contributed by atoms with Gasteiger partial charge in [0.2, 0.25) is 0 Å². The van der Waals surface area contributed by atoms with Crippen LogP contribution in [0.4, 0.5) is 11.4 Å². The van der Waals surface area contributed by atoms with Gasteiger partial charge in [-0.05, 0) is 42.3 Å². The Labute approximate surface area is 149 Å². The van der Waals surface area contributed by atoms with E-state index < -0.39 is 0 Å². The van der Waals surface area contributed by atoms with E-state index >= 15 is 0 Å². The molecule has 1 amide bonds. The van der Waals surface area contributed by atoms with Crippen molar-refractivity contribution in [3.8, 4) is 11.5 Å². The second-order valence-electron chi connectivity index (χ2n) is 6.46. The van der Waals surface area contributed by atoms with Crippen LogP contribution in [0.1, 0.15) is 13.8 Å². The lowest BCUT2D eigenvalue weighted by molar-refractivity contribution is -0.118. The van der Waals surface area contributed by atoms with Gasteiger partial charge < -0.3 is 19.7 Å². The minimum Gasteiger partial charge on any atom is -0.493 e. The molecule has 0 saturated carbocycles. The Morgan fingerprint density at radius 3 is 2.28 bits per heavy atom. The van der Waals surface area contributed by atoms with Crippen LogP contribution in [0.2, 0.25) is 0 Å². The van der Waals surface area contributed by atoms with Crippen LogP contribution >= 0.6 is 0 Å². The normalized spacial score (nSPS) is 10.4. The van der Waals surface area contributed by atoms with Crippen LogP contribution < -0.4 is 19.7 Å². The van der Waals surface area contributed by atoms with Crippen molar-refractivity contribution in [2.45, 2.75) is 13.8 Å². The molecule has 2 aromatic carbocycles. The first-order valence-corrected chi connectivity index (χ1v) is 8.37. The maximum atomic E-state index is 12.0. The second-order valence-corrected chi connectivity index (χ2v) is 6.46. The lowest BCUT2D eigenvalue weighted by atomic mass is 10.2. The lowest BCUT2D eigenvalue weighted by Crippen LogP contribution is -2.20. The Morgan fingerprint density at radius 2 is 1.68 bits per heavy atom. The van der Waals surface area contributed by atoms with E-state index in [1.165, 1.54) is 0 Å². The lowest BCUT2D eigenvalue weighted by Gasteiger charge is -2.13. The third-order valence-electron chi connectivity index (χ3n) is 3.43. The van der Waals surface area contributed by atoms with Gasteiger partial charge in [0.1, 0.15) is 11.5 Å². The molecule has 0 heterocycles. The molecule has 2 aromatic rings. The number of carbonyl (C=O) groups excluding carboxylic acids is 1. The molecular formula is C20H26N2O3. The quantitative estimate of drug-likeness (QED) is 0.793. The Bertz CT molecular complexity index is 682. The molecule has 0 atom stereocenters. The number of nitrogens with one attached hydrogen (secondary N) is 1. The first-order valence-electron chi connectivity index (χ1n) is 8.37.